The number of benzene rings is 3. The quantitative estimate of drug-likeness (QED) is 0.271. The second-order valence-electron chi connectivity index (χ2n) is 7.72. The molecule has 1 aromatic heterocycles. The van der Waals surface area contributed by atoms with Gasteiger partial charge in [0.15, 0.2) is 11.5 Å². The summed E-state index contributed by atoms with van der Waals surface area (Å²) >= 11 is 3.05. The summed E-state index contributed by atoms with van der Waals surface area (Å²) < 4.78 is 6.13. The summed E-state index contributed by atoms with van der Waals surface area (Å²) in [4.78, 5) is 19.2. The van der Waals surface area contributed by atoms with Gasteiger partial charge in [0.05, 0.1) is 28.6 Å². The molecule has 0 saturated heterocycles. The van der Waals surface area contributed by atoms with Gasteiger partial charge in [-0.2, -0.15) is 10.1 Å². The topological polar surface area (TPSA) is 75.0 Å². The molecule has 2 heterocycles. The van der Waals surface area contributed by atoms with Crippen LogP contribution in [0.25, 0.3) is 16.3 Å². The first-order valence-corrected chi connectivity index (χ1v) is 12.4. The van der Waals surface area contributed by atoms with Crippen LogP contribution in [0.15, 0.2) is 82.3 Å². The Morgan fingerprint density at radius 3 is 2.65 bits per heavy atom. The van der Waals surface area contributed by atoms with Gasteiger partial charge in [0.25, 0.3) is 5.91 Å². The van der Waals surface area contributed by atoms with Crippen LogP contribution in [0.5, 0.6) is 11.5 Å². The fourth-order valence-corrected chi connectivity index (χ4v) is 5.30. The van der Waals surface area contributed by atoms with E-state index in [9.17, 15) is 9.90 Å². The van der Waals surface area contributed by atoms with Gasteiger partial charge in [0.1, 0.15) is 0 Å². The van der Waals surface area contributed by atoms with E-state index in [0.29, 0.717) is 33.5 Å². The SMILES string of the molecule is COc1ccc(/C=C2\C(=O)N(c3nc4ccccc4s3)N=C2CSc2ccc(C)cc2)cc1O. The van der Waals surface area contributed by atoms with Gasteiger partial charge in [-0.25, -0.2) is 4.98 Å². The van der Waals surface area contributed by atoms with E-state index in [1.54, 1.807) is 36.0 Å². The highest BCUT2D eigenvalue weighted by atomic mass is 32.2. The lowest BCUT2D eigenvalue weighted by Gasteiger charge is -2.07. The number of hydrazone groups is 1. The second-order valence-corrected chi connectivity index (χ2v) is 9.78. The Balaban J connectivity index is 1.50. The third-order valence-corrected chi connectivity index (χ3v) is 7.36. The first kappa shape index (κ1) is 22.2. The highest BCUT2D eigenvalue weighted by molar-refractivity contribution is 8.00. The van der Waals surface area contributed by atoms with Gasteiger partial charge >= 0.3 is 0 Å². The minimum absolute atomic E-state index is 0.0119. The minimum atomic E-state index is -0.242. The van der Waals surface area contributed by atoms with Crippen LogP contribution in [-0.4, -0.2) is 34.6 Å². The Hall–Kier alpha value is -3.62. The highest BCUT2D eigenvalue weighted by Gasteiger charge is 2.33. The number of amides is 1. The summed E-state index contributed by atoms with van der Waals surface area (Å²) in [7, 11) is 1.50. The predicted octanol–water partition coefficient (Wildman–Crippen LogP) is 5.90. The molecule has 8 heteroatoms. The Morgan fingerprint density at radius 2 is 1.91 bits per heavy atom. The summed E-state index contributed by atoms with van der Waals surface area (Å²) in [5, 5.41) is 16.8. The third kappa shape index (κ3) is 4.42. The molecule has 0 saturated carbocycles. The molecule has 1 N–H and O–H groups in total. The van der Waals surface area contributed by atoms with Gasteiger partial charge in [-0.3, -0.25) is 4.79 Å². The lowest BCUT2D eigenvalue weighted by molar-refractivity contribution is -0.114. The Morgan fingerprint density at radius 1 is 1.12 bits per heavy atom. The number of rotatable bonds is 6. The maximum Gasteiger partial charge on any atom is 0.282 e. The second kappa shape index (κ2) is 9.32. The molecule has 0 aliphatic carbocycles. The van der Waals surface area contributed by atoms with Gasteiger partial charge in [-0.15, -0.1) is 11.8 Å². The summed E-state index contributed by atoms with van der Waals surface area (Å²) in [6.07, 6.45) is 1.75. The Bertz CT molecular complexity index is 1410. The van der Waals surface area contributed by atoms with Crippen molar-refractivity contribution in [1.29, 1.82) is 0 Å². The maximum absolute atomic E-state index is 13.5. The maximum atomic E-state index is 13.5. The highest BCUT2D eigenvalue weighted by Crippen LogP contribution is 2.34. The number of ether oxygens (including phenoxy) is 1. The number of carbonyl (C=O) groups is 1. The van der Waals surface area contributed by atoms with Gasteiger partial charge in [-0.05, 0) is 55.0 Å². The number of fused-ring (bicyclic) bond motifs is 1. The van der Waals surface area contributed by atoms with Gasteiger partial charge < -0.3 is 9.84 Å². The molecular formula is C26H21N3O3S2. The normalized spacial score (nSPS) is 14.8. The standard InChI is InChI=1S/C26H21N3O3S2/c1-16-7-10-18(11-8-16)33-15-21-19(13-17-9-12-23(32-2)22(30)14-17)25(31)29(28-21)26-27-20-5-3-4-6-24(20)34-26/h3-14,30H,15H2,1-2H3/b19-13-. The molecule has 0 fully saturated rings. The van der Waals surface area contributed by atoms with Crippen molar-refractivity contribution < 1.29 is 14.6 Å². The molecule has 170 valence electrons. The third-order valence-electron chi connectivity index (χ3n) is 5.33. The first-order valence-electron chi connectivity index (χ1n) is 10.6. The molecule has 0 spiro atoms. The Kier molecular flexibility index (Phi) is 6.08. The molecular weight excluding hydrogens is 466 g/mol. The number of phenols is 1. The number of phenolic OH excluding ortho intramolecular Hbond substituents is 1. The zero-order chi connectivity index (χ0) is 23.7. The van der Waals surface area contributed by atoms with Crippen molar-refractivity contribution in [2.24, 2.45) is 5.10 Å². The van der Waals surface area contributed by atoms with Gasteiger partial charge in [0.2, 0.25) is 5.13 Å². The zero-order valence-electron chi connectivity index (χ0n) is 18.6. The molecule has 4 aromatic rings. The number of para-hydroxylation sites is 1. The van der Waals surface area contributed by atoms with Crippen molar-refractivity contribution >= 4 is 56.1 Å². The molecule has 0 radical (unpaired) electrons. The van der Waals surface area contributed by atoms with E-state index in [4.69, 9.17) is 4.74 Å². The summed E-state index contributed by atoms with van der Waals surface area (Å²) in [5.41, 5.74) is 3.84. The van der Waals surface area contributed by atoms with E-state index in [1.165, 1.54) is 29.0 Å². The summed E-state index contributed by atoms with van der Waals surface area (Å²) in [6, 6.07) is 21.1. The zero-order valence-corrected chi connectivity index (χ0v) is 20.2. The number of thiazole rings is 1. The fraction of sp³-hybridized carbons (Fsp3) is 0.115. The molecule has 3 aromatic carbocycles. The van der Waals surface area contributed by atoms with Crippen molar-refractivity contribution in [2.75, 3.05) is 17.9 Å². The van der Waals surface area contributed by atoms with Gasteiger partial charge in [-0.1, -0.05) is 47.2 Å². The van der Waals surface area contributed by atoms with E-state index in [1.807, 2.05) is 24.3 Å². The molecule has 34 heavy (non-hydrogen) atoms. The largest absolute Gasteiger partial charge is 0.504 e. The van der Waals surface area contributed by atoms with Crippen LogP contribution in [0.3, 0.4) is 0 Å². The molecule has 1 aliphatic heterocycles. The van der Waals surface area contributed by atoms with Crippen LogP contribution in [0, 0.1) is 6.92 Å². The van der Waals surface area contributed by atoms with E-state index in [-0.39, 0.29) is 11.7 Å². The van der Waals surface area contributed by atoms with E-state index >= 15 is 0 Å². The monoisotopic (exact) mass is 487 g/mol. The number of hydrogen-bond donors (Lipinski definition) is 1. The van der Waals surface area contributed by atoms with Crippen molar-refractivity contribution in [3.8, 4) is 11.5 Å². The molecule has 6 nitrogen and oxygen atoms in total. The molecule has 1 aliphatic rings. The smallest absolute Gasteiger partial charge is 0.282 e. The van der Waals surface area contributed by atoms with E-state index < -0.39 is 0 Å². The van der Waals surface area contributed by atoms with Crippen LogP contribution in [0.1, 0.15) is 11.1 Å². The van der Waals surface area contributed by atoms with Crippen LogP contribution < -0.4 is 9.75 Å². The van der Waals surface area contributed by atoms with Crippen LogP contribution in [0.2, 0.25) is 0 Å². The number of hydrogen-bond acceptors (Lipinski definition) is 7. The van der Waals surface area contributed by atoms with Crippen molar-refractivity contribution in [2.45, 2.75) is 11.8 Å². The molecule has 0 atom stereocenters. The van der Waals surface area contributed by atoms with Gasteiger partial charge in [0, 0.05) is 10.6 Å². The molecule has 5 rings (SSSR count). The van der Waals surface area contributed by atoms with E-state index in [2.05, 4.69) is 41.3 Å². The van der Waals surface area contributed by atoms with Crippen molar-refractivity contribution in [3.05, 3.63) is 83.4 Å². The number of aromatic nitrogens is 1. The first-order chi connectivity index (χ1) is 16.5. The van der Waals surface area contributed by atoms with Crippen LogP contribution in [-0.2, 0) is 4.79 Å². The molecule has 0 bridgehead atoms. The number of carbonyl (C=O) groups excluding carboxylic acids is 1. The average molecular weight is 488 g/mol. The number of aromatic hydroxyl groups is 1. The fourth-order valence-electron chi connectivity index (χ4n) is 3.54. The number of aryl methyl sites for hydroxylation is 1. The van der Waals surface area contributed by atoms with Crippen LogP contribution in [0.4, 0.5) is 5.13 Å². The number of nitrogens with zero attached hydrogens (tertiary/aromatic N) is 3. The predicted molar refractivity (Wildman–Crippen MR) is 139 cm³/mol. The van der Waals surface area contributed by atoms with Crippen molar-refractivity contribution in [1.82, 2.24) is 4.98 Å². The lowest BCUT2D eigenvalue weighted by Crippen LogP contribution is -2.21. The summed E-state index contributed by atoms with van der Waals surface area (Å²) in [6.45, 7) is 2.05. The minimum Gasteiger partial charge on any atom is -0.504 e. The number of anilines is 1. The average Bonchev–Trinajstić information content (AvgIpc) is 3.40. The molecule has 1 amide bonds. The van der Waals surface area contributed by atoms with Crippen LogP contribution >= 0.6 is 23.1 Å². The van der Waals surface area contributed by atoms with E-state index in [0.717, 1.165) is 15.1 Å². The number of thioether (sulfide) groups is 1. The molecule has 0 unspecified atom stereocenters. The lowest BCUT2D eigenvalue weighted by atomic mass is 10.1. The Labute approximate surface area is 205 Å². The van der Waals surface area contributed by atoms with Crippen molar-refractivity contribution in [3.63, 3.8) is 0 Å². The number of methoxy groups -OCH3 is 1. The summed E-state index contributed by atoms with van der Waals surface area (Å²) in [5.74, 6) is 0.663.